The average Bonchev–Trinajstić information content (AvgIpc) is 3.14. The molecular weight excluding hydrogens is 386 g/mol. The van der Waals surface area contributed by atoms with Crippen molar-refractivity contribution in [1.29, 1.82) is 0 Å². The minimum Gasteiger partial charge on any atom is -0.325 e. The lowest BCUT2D eigenvalue weighted by molar-refractivity contribution is -0.117. The van der Waals surface area contributed by atoms with Crippen LogP contribution in [0.3, 0.4) is 0 Å². The normalized spacial score (nSPS) is 14.6. The van der Waals surface area contributed by atoms with Crippen molar-refractivity contribution in [2.24, 2.45) is 0 Å². The van der Waals surface area contributed by atoms with Gasteiger partial charge in [0.25, 0.3) is 0 Å². The number of anilines is 3. The number of nitrogens with zero attached hydrogens (tertiary/aromatic N) is 1. The molecule has 3 rings (SSSR count). The molecule has 1 unspecified atom stereocenters. The highest BCUT2D eigenvalue weighted by Gasteiger charge is 2.25. The van der Waals surface area contributed by atoms with Crippen LogP contribution >= 0.6 is 11.8 Å². The molecule has 152 valence electrons. The van der Waals surface area contributed by atoms with Crippen molar-refractivity contribution in [2.45, 2.75) is 31.9 Å². The molecule has 2 N–H and O–H groups in total. The average molecular weight is 412 g/mol. The molecule has 6 nitrogen and oxygen atoms in total. The summed E-state index contributed by atoms with van der Waals surface area (Å²) in [6, 6.07) is 14.9. The van der Waals surface area contributed by atoms with Gasteiger partial charge in [0.15, 0.2) is 0 Å². The van der Waals surface area contributed by atoms with Gasteiger partial charge in [-0.2, -0.15) is 0 Å². The van der Waals surface area contributed by atoms with E-state index < -0.39 is 5.25 Å². The van der Waals surface area contributed by atoms with Crippen LogP contribution in [0.2, 0.25) is 0 Å². The highest BCUT2D eigenvalue weighted by atomic mass is 32.2. The first-order valence-corrected chi connectivity index (χ1v) is 10.7. The van der Waals surface area contributed by atoms with E-state index in [9.17, 15) is 14.4 Å². The lowest BCUT2D eigenvalue weighted by Gasteiger charge is -2.21. The third kappa shape index (κ3) is 5.60. The fraction of sp³-hybridized carbons (Fsp3) is 0.318. The van der Waals surface area contributed by atoms with Crippen LogP contribution in [0.1, 0.15) is 25.3 Å². The van der Waals surface area contributed by atoms with Gasteiger partial charge in [-0.15, -0.1) is 11.8 Å². The monoisotopic (exact) mass is 411 g/mol. The first-order chi connectivity index (χ1) is 13.9. The molecule has 0 aromatic heterocycles. The van der Waals surface area contributed by atoms with Crippen LogP contribution in [0.15, 0.2) is 48.5 Å². The molecule has 2 aromatic carbocycles. The Bertz CT molecular complexity index is 898. The summed E-state index contributed by atoms with van der Waals surface area (Å²) in [4.78, 5) is 38.5. The molecule has 1 heterocycles. The summed E-state index contributed by atoms with van der Waals surface area (Å²) in [6.07, 6.45) is 1.36. The van der Waals surface area contributed by atoms with Crippen molar-refractivity contribution in [3.05, 3.63) is 54.1 Å². The van der Waals surface area contributed by atoms with E-state index in [1.807, 2.05) is 49.4 Å². The van der Waals surface area contributed by atoms with Gasteiger partial charge in [-0.3, -0.25) is 14.4 Å². The van der Waals surface area contributed by atoms with Crippen molar-refractivity contribution in [2.75, 3.05) is 27.8 Å². The SMILES string of the molecule is Cc1ccc(NC(=O)CSC(C)C(=O)Nc2ccccc2N2CCCC2=O)cc1. The predicted molar refractivity (Wildman–Crippen MR) is 118 cm³/mol. The van der Waals surface area contributed by atoms with Gasteiger partial charge in [-0.25, -0.2) is 0 Å². The van der Waals surface area contributed by atoms with Gasteiger partial charge < -0.3 is 15.5 Å². The fourth-order valence-corrected chi connectivity index (χ4v) is 3.75. The lowest BCUT2D eigenvalue weighted by Crippen LogP contribution is -2.28. The molecule has 0 bridgehead atoms. The summed E-state index contributed by atoms with van der Waals surface area (Å²) in [5.74, 6) is -0.102. The number of aryl methyl sites for hydroxylation is 1. The van der Waals surface area contributed by atoms with Gasteiger partial charge in [0.05, 0.1) is 22.4 Å². The standard InChI is InChI=1S/C22H25N3O3S/c1-15-9-11-17(12-10-15)23-20(26)14-29-16(2)22(28)24-18-6-3-4-7-19(18)25-13-5-8-21(25)27/h3-4,6-7,9-12,16H,5,8,13-14H2,1-2H3,(H,23,26)(H,24,28). The number of thioether (sulfide) groups is 1. The molecule has 7 heteroatoms. The Morgan fingerprint density at radius 1 is 1.10 bits per heavy atom. The number of rotatable bonds is 7. The van der Waals surface area contributed by atoms with Crippen molar-refractivity contribution < 1.29 is 14.4 Å². The summed E-state index contributed by atoms with van der Waals surface area (Å²) >= 11 is 1.27. The number of amides is 3. The number of hydrogen-bond acceptors (Lipinski definition) is 4. The molecule has 0 aliphatic carbocycles. The van der Waals surface area contributed by atoms with E-state index in [1.165, 1.54) is 11.8 Å². The second-order valence-electron chi connectivity index (χ2n) is 7.02. The second-order valence-corrected chi connectivity index (χ2v) is 8.35. The maximum absolute atomic E-state index is 12.6. The van der Waals surface area contributed by atoms with Crippen molar-refractivity contribution in [3.63, 3.8) is 0 Å². The molecule has 1 aliphatic rings. The summed E-state index contributed by atoms with van der Waals surface area (Å²) in [5, 5.41) is 5.31. The molecule has 29 heavy (non-hydrogen) atoms. The van der Waals surface area contributed by atoms with Crippen LogP contribution in [-0.4, -0.2) is 35.3 Å². The van der Waals surface area contributed by atoms with Crippen LogP contribution in [0.5, 0.6) is 0 Å². The van der Waals surface area contributed by atoms with Crippen LogP contribution in [0, 0.1) is 6.92 Å². The van der Waals surface area contributed by atoms with Crippen LogP contribution in [0.25, 0.3) is 0 Å². The Labute approximate surface area is 175 Å². The molecule has 1 fully saturated rings. The summed E-state index contributed by atoms with van der Waals surface area (Å²) in [5.41, 5.74) is 3.20. The van der Waals surface area contributed by atoms with E-state index >= 15 is 0 Å². The Morgan fingerprint density at radius 3 is 2.52 bits per heavy atom. The third-order valence-corrected chi connectivity index (χ3v) is 5.84. The second kappa shape index (κ2) is 9.60. The minimum atomic E-state index is -0.416. The predicted octanol–water partition coefficient (Wildman–Crippen LogP) is 3.82. The molecule has 0 spiro atoms. The number of carbonyl (C=O) groups excluding carboxylic acids is 3. The Hall–Kier alpha value is -2.80. The molecule has 1 aliphatic heterocycles. The van der Waals surface area contributed by atoms with Crippen molar-refractivity contribution in [1.82, 2.24) is 0 Å². The Kier molecular flexibility index (Phi) is 6.93. The Morgan fingerprint density at radius 2 is 1.83 bits per heavy atom. The van der Waals surface area contributed by atoms with Gasteiger partial charge in [0.1, 0.15) is 0 Å². The first-order valence-electron chi connectivity index (χ1n) is 9.62. The highest BCUT2D eigenvalue weighted by molar-refractivity contribution is 8.01. The first kappa shape index (κ1) is 20.9. The van der Waals surface area contributed by atoms with Gasteiger partial charge in [0, 0.05) is 18.7 Å². The molecular formula is C22H25N3O3S. The van der Waals surface area contributed by atoms with Crippen LogP contribution in [-0.2, 0) is 14.4 Å². The molecule has 2 aromatic rings. The zero-order chi connectivity index (χ0) is 20.8. The number of para-hydroxylation sites is 2. The maximum Gasteiger partial charge on any atom is 0.237 e. The van der Waals surface area contributed by atoms with Crippen LogP contribution in [0.4, 0.5) is 17.1 Å². The fourth-order valence-electron chi connectivity index (χ4n) is 3.06. The highest BCUT2D eigenvalue weighted by Crippen LogP contribution is 2.30. The largest absolute Gasteiger partial charge is 0.325 e. The summed E-state index contributed by atoms with van der Waals surface area (Å²) in [6.45, 7) is 4.41. The van der Waals surface area contributed by atoms with Gasteiger partial charge in [0.2, 0.25) is 17.7 Å². The minimum absolute atomic E-state index is 0.0712. The molecule has 0 radical (unpaired) electrons. The molecule has 1 atom stereocenters. The van der Waals surface area contributed by atoms with Crippen molar-refractivity contribution >= 4 is 46.5 Å². The topological polar surface area (TPSA) is 78.5 Å². The smallest absolute Gasteiger partial charge is 0.237 e. The van der Waals surface area contributed by atoms with E-state index in [0.29, 0.717) is 18.7 Å². The number of hydrogen-bond donors (Lipinski definition) is 2. The molecule has 1 saturated heterocycles. The Balaban J connectivity index is 1.54. The molecule has 0 saturated carbocycles. The van der Waals surface area contributed by atoms with Gasteiger partial charge in [-0.1, -0.05) is 29.8 Å². The number of benzene rings is 2. The lowest BCUT2D eigenvalue weighted by atomic mass is 10.2. The van der Waals surface area contributed by atoms with Gasteiger partial charge in [-0.05, 0) is 44.5 Å². The zero-order valence-corrected chi connectivity index (χ0v) is 17.4. The van der Waals surface area contributed by atoms with Crippen molar-refractivity contribution in [3.8, 4) is 0 Å². The summed E-state index contributed by atoms with van der Waals surface area (Å²) in [7, 11) is 0. The van der Waals surface area contributed by atoms with Crippen LogP contribution < -0.4 is 15.5 Å². The van der Waals surface area contributed by atoms with Gasteiger partial charge >= 0.3 is 0 Å². The molecule has 3 amide bonds. The van der Waals surface area contributed by atoms with E-state index in [4.69, 9.17) is 0 Å². The third-order valence-electron chi connectivity index (χ3n) is 4.70. The van der Waals surface area contributed by atoms with E-state index in [-0.39, 0.29) is 23.5 Å². The van der Waals surface area contributed by atoms with E-state index in [0.717, 1.165) is 23.4 Å². The number of carbonyl (C=O) groups is 3. The van der Waals surface area contributed by atoms with E-state index in [2.05, 4.69) is 10.6 Å². The quantitative estimate of drug-likeness (QED) is 0.726. The zero-order valence-electron chi connectivity index (χ0n) is 16.6. The van der Waals surface area contributed by atoms with E-state index in [1.54, 1.807) is 17.9 Å². The maximum atomic E-state index is 12.6. The number of nitrogens with one attached hydrogen (secondary N) is 2. The summed E-state index contributed by atoms with van der Waals surface area (Å²) < 4.78 is 0.